The van der Waals surface area contributed by atoms with Crippen molar-refractivity contribution >= 4 is 11.8 Å². The lowest BCUT2D eigenvalue weighted by Crippen LogP contribution is -2.57. The molecular weight excluding hydrogens is 244 g/mol. The Morgan fingerprint density at radius 3 is 2.32 bits per heavy atom. The fraction of sp³-hybridized carbons (Fsp3) is 0.429. The van der Waals surface area contributed by atoms with E-state index < -0.39 is 17.4 Å². The lowest BCUT2D eigenvalue weighted by Gasteiger charge is -2.28. The normalized spacial score (nSPS) is 18.1. The second-order valence-electron chi connectivity index (χ2n) is 4.89. The predicted molar refractivity (Wildman–Crippen MR) is 70.1 cm³/mol. The minimum Gasteiger partial charge on any atom is -0.371 e. The number of carbonyl (C=O) groups excluding carboxylic acids is 2. The van der Waals surface area contributed by atoms with Crippen molar-refractivity contribution in [3.63, 3.8) is 0 Å². The smallest absolute Gasteiger partial charge is 0.264 e. The van der Waals surface area contributed by atoms with Crippen LogP contribution >= 0.6 is 0 Å². The van der Waals surface area contributed by atoms with Gasteiger partial charge in [-0.1, -0.05) is 30.3 Å². The molecule has 1 aromatic rings. The molecule has 0 spiro atoms. The average molecular weight is 262 g/mol. The molecule has 102 valence electrons. The van der Waals surface area contributed by atoms with Crippen molar-refractivity contribution in [1.82, 2.24) is 4.90 Å². The van der Waals surface area contributed by atoms with Gasteiger partial charge < -0.3 is 15.7 Å². The SMILES string of the molecule is NC(=O)[C@](O)(Cc1ccccc1)C(=O)N1CCCC1. The molecule has 1 atom stereocenters. The van der Waals surface area contributed by atoms with Gasteiger partial charge in [0, 0.05) is 19.5 Å². The molecule has 0 saturated carbocycles. The zero-order chi connectivity index (χ0) is 13.9. The van der Waals surface area contributed by atoms with E-state index in [0.29, 0.717) is 18.7 Å². The molecule has 19 heavy (non-hydrogen) atoms. The van der Waals surface area contributed by atoms with Gasteiger partial charge in [0.2, 0.25) is 5.60 Å². The number of nitrogens with zero attached hydrogens (tertiary/aromatic N) is 1. The predicted octanol–water partition coefficient (Wildman–Crippen LogP) is 0.0679. The Morgan fingerprint density at radius 2 is 1.79 bits per heavy atom. The van der Waals surface area contributed by atoms with E-state index in [0.717, 1.165) is 12.8 Å². The second kappa shape index (κ2) is 5.40. The Hall–Kier alpha value is -1.88. The summed E-state index contributed by atoms with van der Waals surface area (Å²) in [6.07, 6.45) is 1.70. The summed E-state index contributed by atoms with van der Waals surface area (Å²) in [4.78, 5) is 25.3. The van der Waals surface area contributed by atoms with E-state index >= 15 is 0 Å². The molecule has 1 aromatic carbocycles. The molecule has 0 bridgehead atoms. The highest BCUT2D eigenvalue weighted by Crippen LogP contribution is 2.20. The van der Waals surface area contributed by atoms with Crippen molar-refractivity contribution < 1.29 is 14.7 Å². The molecule has 1 fully saturated rings. The Bertz CT molecular complexity index is 469. The minimum atomic E-state index is -2.15. The highest BCUT2D eigenvalue weighted by Gasteiger charge is 2.45. The molecular formula is C14H18N2O3. The summed E-state index contributed by atoms with van der Waals surface area (Å²) in [5.74, 6) is -1.57. The molecule has 0 aliphatic carbocycles. The summed E-state index contributed by atoms with van der Waals surface area (Å²) in [5.41, 5.74) is 3.81. The van der Waals surface area contributed by atoms with Crippen molar-refractivity contribution in [2.45, 2.75) is 24.9 Å². The number of primary amides is 1. The van der Waals surface area contributed by atoms with Crippen LogP contribution in [0.15, 0.2) is 30.3 Å². The van der Waals surface area contributed by atoms with Crippen LogP contribution in [-0.2, 0) is 16.0 Å². The van der Waals surface area contributed by atoms with Gasteiger partial charge in [-0.3, -0.25) is 9.59 Å². The van der Waals surface area contributed by atoms with Gasteiger partial charge in [-0.2, -0.15) is 0 Å². The number of aliphatic hydroxyl groups is 1. The minimum absolute atomic E-state index is 0.0848. The maximum atomic E-state index is 12.3. The number of carbonyl (C=O) groups is 2. The first-order valence-electron chi connectivity index (χ1n) is 6.39. The number of nitrogens with two attached hydrogens (primary N) is 1. The number of likely N-dealkylation sites (tertiary alicyclic amines) is 1. The highest BCUT2D eigenvalue weighted by molar-refractivity contribution is 6.07. The van der Waals surface area contributed by atoms with Crippen molar-refractivity contribution in [3.05, 3.63) is 35.9 Å². The second-order valence-corrected chi connectivity index (χ2v) is 4.89. The molecule has 3 N–H and O–H groups in total. The van der Waals surface area contributed by atoms with Gasteiger partial charge in [0.25, 0.3) is 11.8 Å². The summed E-state index contributed by atoms with van der Waals surface area (Å²) in [7, 11) is 0. The highest BCUT2D eigenvalue weighted by atomic mass is 16.3. The van der Waals surface area contributed by atoms with Crippen molar-refractivity contribution in [1.29, 1.82) is 0 Å². The zero-order valence-corrected chi connectivity index (χ0v) is 10.7. The van der Waals surface area contributed by atoms with Crippen LogP contribution in [0, 0.1) is 0 Å². The summed E-state index contributed by atoms with van der Waals surface area (Å²) in [6.45, 7) is 1.15. The van der Waals surface area contributed by atoms with Crippen molar-refractivity contribution in [2.75, 3.05) is 13.1 Å². The van der Waals surface area contributed by atoms with Gasteiger partial charge in [-0.25, -0.2) is 0 Å². The number of benzene rings is 1. The fourth-order valence-corrected chi connectivity index (χ4v) is 2.34. The van der Waals surface area contributed by atoms with E-state index in [9.17, 15) is 14.7 Å². The van der Waals surface area contributed by atoms with Gasteiger partial charge in [-0.15, -0.1) is 0 Å². The van der Waals surface area contributed by atoms with Gasteiger partial charge >= 0.3 is 0 Å². The van der Waals surface area contributed by atoms with Crippen LogP contribution in [0.2, 0.25) is 0 Å². The van der Waals surface area contributed by atoms with Crippen LogP contribution in [0.4, 0.5) is 0 Å². The molecule has 2 amide bonds. The van der Waals surface area contributed by atoms with E-state index in [1.807, 2.05) is 6.07 Å². The first-order chi connectivity index (χ1) is 9.04. The van der Waals surface area contributed by atoms with Crippen molar-refractivity contribution in [2.24, 2.45) is 5.73 Å². The summed E-state index contributed by atoms with van der Waals surface area (Å²) < 4.78 is 0. The molecule has 1 heterocycles. The molecule has 0 radical (unpaired) electrons. The number of hydrogen-bond acceptors (Lipinski definition) is 3. The maximum absolute atomic E-state index is 12.3. The third kappa shape index (κ3) is 2.76. The molecule has 0 aromatic heterocycles. The summed E-state index contributed by atoms with van der Waals surface area (Å²) in [5, 5.41) is 10.4. The van der Waals surface area contributed by atoms with E-state index in [-0.39, 0.29) is 6.42 Å². The van der Waals surface area contributed by atoms with Crippen LogP contribution in [-0.4, -0.2) is 40.5 Å². The third-order valence-corrected chi connectivity index (χ3v) is 3.46. The van der Waals surface area contributed by atoms with E-state index in [1.165, 1.54) is 4.90 Å². The average Bonchev–Trinajstić information content (AvgIpc) is 2.92. The van der Waals surface area contributed by atoms with Crippen LogP contribution in [0.5, 0.6) is 0 Å². The maximum Gasteiger partial charge on any atom is 0.264 e. The van der Waals surface area contributed by atoms with Crippen molar-refractivity contribution in [3.8, 4) is 0 Å². The van der Waals surface area contributed by atoms with Crippen LogP contribution in [0.3, 0.4) is 0 Å². The molecule has 5 nitrogen and oxygen atoms in total. The third-order valence-electron chi connectivity index (χ3n) is 3.46. The Labute approximate surface area is 112 Å². The molecule has 0 unspecified atom stereocenters. The molecule has 2 rings (SSSR count). The fourth-order valence-electron chi connectivity index (χ4n) is 2.34. The quantitative estimate of drug-likeness (QED) is 0.753. The van der Waals surface area contributed by atoms with E-state index in [1.54, 1.807) is 24.3 Å². The van der Waals surface area contributed by atoms with Crippen LogP contribution in [0.1, 0.15) is 18.4 Å². The summed E-state index contributed by atoms with van der Waals surface area (Å²) in [6, 6.07) is 8.92. The summed E-state index contributed by atoms with van der Waals surface area (Å²) >= 11 is 0. The van der Waals surface area contributed by atoms with E-state index in [4.69, 9.17) is 5.73 Å². The van der Waals surface area contributed by atoms with Gasteiger partial charge in [-0.05, 0) is 18.4 Å². The van der Waals surface area contributed by atoms with E-state index in [2.05, 4.69) is 0 Å². The van der Waals surface area contributed by atoms with Gasteiger partial charge in [0.1, 0.15) is 0 Å². The first-order valence-corrected chi connectivity index (χ1v) is 6.39. The number of rotatable bonds is 4. The Kier molecular flexibility index (Phi) is 3.85. The van der Waals surface area contributed by atoms with Gasteiger partial charge in [0.15, 0.2) is 0 Å². The largest absolute Gasteiger partial charge is 0.371 e. The molecule has 5 heteroatoms. The van der Waals surface area contributed by atoms with Crippen LogP contribution < -0.4 is 5.73 Å². The van der Waals surface area contributed by atoms with Crippen LogP contribution in [0.25, 0.3) is 0 Å². The topological polar surface area (TPSA) is 83.6 Å². The number of hydrogen-bond donors (Lipinski definition) is 2. The lowest BCUT2D eigenvalue weighted by molar-refractivity contribution is -0.158. The van der Waals surface area contributed by atoms with Gasteiger partial charge in [0.05, 0.1) is 0 Å². The Balaban J connectivity index is 2.22. The first kappa shape index (κ1) is 13.5. The monoisotopic (exact) mass is 262 g/mol. The zero-order valence-electron chi connectivity index (χ0n) is 10.7. The molecule has 1 saturated heterocycles. The Morgan fingerprint density at radius 1 is 1.21 bits per heavy atom. The number of amides is 2. The standard InChI is InChI=1S/C14H18N2O3/c15-12(17)14(19,10-11-6-2-1-3-7-11)13(18)16-8-4-5-9-16/h1-3,6-7,19H,4-5,8-10H2,(H2,15,17)/t14-/m1/s1. The molecule has 1 aliphatic rings. The lowest BCUT2D eigenvalue weighted by atomic mass is 9.92. The molecule has 1 aliphatic heterocycles.